The van der Waals surface area contributed by atoms with E-state index in [-0.39, 0.29) is 5.91 Å². The molecule has 25 heavy (non-hydrogen) atoms. The van der Waals surface area contributed by atoms with Gasteiger partial charge < -0.3 is 16.0 Å². The van der Waals surface area contributed by atoms with Crippen LogP contribution in [0.15, 0.2) is 54.1 Å². The van der Waals surface area contributed by atoms with Crippen molar-refractivity contribution in [3.05, 3.63) is 59.8 Å². The van der Waals surface area contributed by atoms with Gasteiger partial charge in [-0.1, -0.05) is 18.2 Å². The minimum absolute atomic E-state index is 0.0667. The largest absolute Gasteiger partial charge is 0.370 e. The minimum atomic E-state index is -0.0667. The smallest absolute Gasteiger partial charge is 0.251 e. The van der Waals surface area contributed by atoms with E-state index in [1.165, 1.54) is 0 Å². The van der Waals surface area contributed by atoms with Crippen LogP contribution in [0.1, 0.15) is 19.0 Å². The number of aryl methyl sites for hydroxylation is 1. The lowest BCUT2D eigenvalue weighted by Gasteiger charge is -2.10. The summed E-state index contributed by atoms with van der Waals surface area (Å²) in [4.78, 5) is 20.9. The zero-order chi connectivity index (χ0) is 17.6. The van der Waals surface area contributed by atoms with Crippen molar-refractivity contribution in [2.24, 2.45) is 0 Å². The van der Waals surface area contributed by atoms with Crippen LogP contribution < -0.4 is 16.0 Å². The Labute approximate surface area is 147 Å². The molecule has 0 bridgehead atoms. The van der Waals surface area contributed by atoms with Crippen LogP contribution in [0.25, 0.3) is 0 Å². The Hall–Kier alpha value is -3.15. The second-order valence-electron chi connectivity index (χ2n) is 5.73. The molecule has 1 heterocycles. The fourth-order valence-corrected chi connectivity index (χ4v) is 2.49. The van der Waals surface area contributed by atoms with Gasteiger partial charge in [-0.2, -0.15) is 4.98 Å². The maximum absolute atomic E-state index is 12.1. The summed E-state index contributed by atoms with van der Waals surface area (Å²) >= 11 is 0. The number of amides is 1. The number of rotatable bonds is 6. The predicted octanol–water partition coefficient (Wildman–Crippen LogP) is 3.79. The monoisotopic (exact) mass is 335 g/mol. The lowest BCUT2D eigenvalue weighted by molar-refractivity contribution is -0.112. The summed E-state index contributed by atoms with van der Waals surface area (Å²) in [6.45, 7) is 4.75. The van der Waals surface area contributed by atoms with Crippen LogP contribution in [0.5, 0.6) is 0 Å². The number of benzene rings is 1. The van der Waals surface area contributed by atoms with Crippen molar-refractivity contribution in [1.82, 2.24) is 9.97 Å². The molecular weight excluding hydrogens is 314 g/mol. The van der Waals surface area contributed by atoms with Gasteiger partial charge in [-0.25, -0.2) is 4.98 Å². The third-order valence-electron chi connectivity index (χ3n) is 3.67. The van der Waals surface area contributed by atoms with Crippen molar-refractivity contribution in [2.45, 2.75) is 20.3 Å². The average Bonchev–Trinajstić information content (AvgIpc) is 3.11. The molecule has 6 heteroatoms. The van der Waals surface area contributed by atoms with Crippen molar-refractivity contribution < 1.29 is 4.79 Å². The number of carbonyl (C=O) groups is 1. The highest BCUT2D eigenvalue weighted by Gasteiger charge is 2.10. The first-order valence-corrected chi connectivity index (χ1v) is 8.28. The number of nitrogens with zero attached hydrogens (tertiary/aromatic N) is 2. The molecule has 3 rings (SSSR count). The Bertz CT molecular complexity index is 824. The van der Waals surface area contributed by atoms with Crippen LogP contribution in [0, 0.1) is 6.92 Å². The van der Waals surface area contributed by atoms with E-state index in [0.717, 1.165) is 35.0 Å². The Kier molecular flexibility index (Phi) is 5.09. The number of anilines is 4. The molecule has 128 valence electrons. The van der Waals surface area contributed by atoms with Gasteiger partial charge in [0.15, 0.2) is 0 Å². The summed E-state index contributed by atoms with van der Waals surface area (Å²) in [5.74, 6) is 1.26. The molecule has 0 unspecified atom stereocenters. The second-order valence-corrected chi connectivity index (χ2v) is 5.73. The fourth-order valence-electron chi connectivity index (χ4n) is 2.49. The van der Waals surface area contributed by atoms with E-state index in [1.807, 2.05) is 62.4 Å². The Morgan fingerprint density at radius 3 is 2.60 bits per heavy atom. The van der Waals surface area contributed by atoms with E-state index in [2.05, 4.69) is 25.9 Å². The van der Waals surface area contributed by atoms with E-state index in [1.54, 1.807) is 0 Å². The molecule has 1 aliphatic carbocycles. The van der Waals surface area contributed by atoms with Crippen molar-refractivity contribution in [1.29, 1.82) is 0 Å². The van der Waals surface area contributed by atoms with Crippen molar-refractivity contribution in [3.8, 4) is 0 Å². The van der Waals surface area contributed by atoms with Crippen LogP contribution in [-0.2, 0) is 4.79 Å². The van der Waals surface area contributed by atoms with Gasteiger partial charge in [-0.3, -0.25) is 4.79 Å². The number of hydrogen-bond donors (Lipinski definition) is 3. The van der Waals surface area contributed by atoms with Crippen molar-refractivity contribution in [3.63, 3.8) is 0 Å². The molecule has 6 nitrogen and oxygen atoms in total. The number of carbonyl (C=O) groups excluding carboxylic acids is 1. The molecule has 0 saturated carbocycles. The topological polar surface area (TPSA) is 78.9 Å². The lowest BCUT2D eigenvalue weighted by Crippen LogP contribution is -2.13. The Morgan fingerprint density at radius 1 is 1.16 bits per heavy atom. The SMILES string of the molecule is CCNc1cc(C)nc(Nc2ccc(NC(=O)C3=CC=CC3)cc2)n1. The molecule has 1 amide bonds. The number of hydrogen-bond acceptors (Lipinski definition) is 5. The molecule has 1 aliphatic rings. The highest BCUT2D eigenvalue weighted by molar-refractivity contribution is 6.04. The summed E-state index contributed by atoms with van der Waals surface area (Å²) in [6, 6.07) is 9.37. The van der Waals surface area contributed by atoms with Crippen LogP contribution >= 0.6 is 0 Å². The first-order valence-electron chi connectivity index (χ1n) is 8.28. The molecule has 3 N–H and O–H groups in total. The summed E-state index contributed by atoms with van der Waals surface area (Å²) in [5.41, 5.74) is 3.26. The second kappa shape index (κ2) is 7.61. The van der Waals surface area contributed by atoms with Gasteiger partial charge in [0.2, 0.25) is 5.95 Å². The van der Waals surface area contributed by atoms with Crippen molar-refractivity contribution in [2.75, 3.05) is 22.5 Å². The fraction of sp³-hybridized carbons (Fsp3) is 0.211. The van der Waals surface area contributed by atoms with Crippen LogP contribution in [-0.4, -0.2) is 22.4 Å². The van der Waals surface area contributed by atoms with Gasteiger partial charge >= 0.3 is 0 Å². The molecule has 0 aliphatic heterocycles. The zero-order valence-corrected chi connectivity index (χ0v) is 14.3. The van der Waals surface area contributed by atoms with Gasteiger partial charge in [0.05, 0.1) is 0 Å². The molecule has 1 aromatic carbocycles. The van der Waals surface area contributed by atoms with Gasteiger partial charge in [0.1, 0.15) is 5.82 Å². The summed E-state index contributed by atoms with van der Waals surface area (Å²) in [5, 5.41) is 9.26. The maximum atomic E-state index is 12.1. The highest BCUT2D eigenvalue weighted by atomic mass is 16.1. The molecule has 0 saturated heterocycles. The number of aromatic nitrogens is 2. The van der Waals surface area contributed by atoms with E-state index < -0.39 is 0 Å². The summed E-state index contributed by atoms with van der Waals surface area (Å²) < 4.78 is 0. The van der Waals surface area contributed by atoms with E-state index in [0.29, 0.717) is 12.4 Å². The third-order valence-corrected chi connectivity index (χ3v) is 3.67. The van der Waals surface area contributed by atoms with Gasteiger partial charge in [-0.05, 0) is 44.5 Å². The highest BCUT2D eigenvalue weighted by Crippen LogP contribution is 2.19. The Balaban J connectivity index is 1.65. The normalized spacial score (nSPS) is 12.6. The number of allylic oxidation sites excluding steroid dienone is 3. The first-order chi connectivity index (χ1) is 12.1. The minimum Gasteiger partial charge on any atom is -0.370 e. The first kappa shape index (κ1) is 16.7. The molecule has 1 aromatic heterocycles. The average molecular weight is 335 g/mol. The molecule has 0 radical (unpaired) electrons. The maximum Gasteiger partial charge on any atom is 0.251 e. The lowest BCUT2D eigenvalue weighted by atomic mass is 10.2. The third kappa shape index (κ3) is 4.44. The van der Waals surface area contributed by atoms with Crippen molar-refractivity contribution >= 4 is 29.0 Å². The van der Waals surface area contributed by atoms with E-state index >= 15 is 0 Å². The Morgan fingerprint density at radius 2 is 1.92 bits per heavy atom. The quantitative estimate of drug-likeness (QED) is 0.748. The van der Waals surface area contributed by atoms with E-state index in [4.69, 9.17) is 0 Å². The molecule has 0 spiro atoms. The van der Waals surface area contributed by atoms with Crippen LogP contribution in [0.4, 0.5) is 23.1 Å². The molecule has 0 fully saturated rings. The van der Waals surface area contributed by atoms with E-state index in [9.17, 15) is 4.79 Å². The number of nitrogens with one attached hydrogen (secondary N) is 3. The van der Waals surface area contributed by atoms with Gasteiger partial charge in [0, 0.05) is 35.3 Å². The molecule has 2 aromatic rings. The predicted molar refractivity (Wildman–Crippen MR) is 101 cm³/mol. The van der Waals surface area contributed by atoms with Gasteiger partial charge in [-0.15, -0.1) is 0 Å². The summed E-state index contributed by atoms with van der Waals surface area (Å²) in [7, 11) is 0. The zero-order valence-electron chi connectivity index (χ0n) is 14.3. The van der Waals surface area contributed by atoms with Crippen LogP contribution in [0.3, 0.4) is 0 Å². The summed E-state index contributed by atoms with van der Waals surface area (Å²) in [6.07, 6.45) is 6.38. The van der Waals surface area contributed by atoms with Gasteiger partial charge in [0.25, 0.3) is 5.91 Å². The standard InChI is InChI=1S/C19H21N5O/c1-3-20-17-12-13(2)21-19(24-17)23-16-10-8-15(9-11-16)22-18(25)14-6-4-5-7-14/h4-6,8-12H,3,7H2,1-2H3,(H,22,25)(H2,20,21,23,24). The van der Waals surface area contributed by atoms with Crippen LogP contribution in [0.2, 0.25) is 0 Å². The molecule has 0 atom stereocenters. The molecular formula is C19H21N5O.